The molecular weight excluding hydrogens is 316 g/mol. The molecule has 0 aromatic heterocycles. The van der Waals surface area contributed by atoms with Gasteiger partial charge in [0.15, 0.2) is 17.5 Å². The van der Waals surface area contributed by atoms with Gasteiger partial charge in [0.05, 0.1) is 0 Å². The molecule has 2 aliphatic rings. The lowest BCUT2D eigenvalue weighted by molar-refractivity contribution is 0.174. The topological polar surface area (TPSA) is 58.1 Å². The molecule has 0 unspecified atom stereocenters. The summed E-state index contributed by atoms with van der Waals surface area (Å²) in [5, 5.41) is 6.76. The van der Waals surface area contributed by atoms with Crippen LogP contribution in [0.15, 0.2) is 23.2 Å². The van der Waals surface area contributed by atoms with Gasteiger partial charge in [0.25, 0.3) is 0 Å². The molecule has 0 saturated heterocycles. The Kier molecular flexibility index (Phi) is 6.39. The highest BCUT2D eigenvalue weighted by Crippen LogP contribution is 2.32. The van der Waals surface area contributed by atoms with Crippen molar-refractivity contribution in [3.8, 4) is 11.5 Å². The van der Waals surface area contributed by atoms with Crippen molar-refractivity contribution in [2.24, 2.45) is 4.99 Å². The third-order valence-corrected chi connectivity index (χ3v) is 5.08. The van der Waals surface area contributed by atoms with Crippen molar-refractivity contribution in [3.05, 3.63) is 23.8 Å². The largest absolute Gasteiger partial charge is 0.454 e. The van der Waals surface area contributed by atoms with Gasteiger partial charge in [0.2, 0.25) is 6.79 Å². The Balaban J connectivity index is 1.39. The molecule has 1 heterocycles. The molecule has 1 fully saturated rings. The summed E-state index contributed by atoms with van der Waals surface area (Å²) in [6.07, 6.45) is 6.84. The van der Waals surface area contributed by atoms with Gasteiger partial charge in [-0.1, -0.05) is 25.3 Å². The summed E-state index contributed by atoms with van der Waals surface area (Å²) in [6.45, 7) is 2.95. The van der Waals surface area contributed by atoms with Crippen molar-refractivity contribution in [3.63, 3.8) is 0 Å². The molecule has 2 N–H and O–H groups in total. The van der Waals surface area contributed by atoms with E-state index in [9.17, 15) is 0 Å². The standard InChI is InChI=1S/C19H30N4O2/c1-20-19(21-10-11-23(2)16-6-4-3-5-7-16)22-13-15-8-9-17-18(12-15)25-14-24-17/h8-9,12,16H,3-7,10-11,13-14H2,1-2H3,(H2,20,21,22). The SMILES string of the molecule is CN=C(NCCN(C)C1CCCCC1)NCc1ccc2c(c1)OCO2. The first-order valence-electron chi connectivity index (χ1n) is 9.29. The smallest absolute Gasteiger partial charge is 0.231 e. The Hall–Kier alpha value is -1.95. The second-order valence-electron chi connectivity index (χ2n) is 6.81. The first-order chi connectivity index (χ1) is 12.3. The lowest BCUT2D eigenvalue weighted by atomic mass is 9.94. The minimum atomic E-state index is 0.309. The number of likely N-dealkylation sites (N-methyl/N-ethyl adjacent to an activating group) is 1. The predicted molar refractivity (Wildman–Crippen MR) is 100 cm³/mol. The molecule has 1 aromatic carbocycles. The van der Waals surface area contributed by atoms with E-state index in [2.05, 4.69) is 27.6 Å². The van der Waals surface area contributed by atoms with Crippen LogP contribution in [0.5, 0.6) is 11.5 Å². The Morgan fingerprint density at radius 2 is 1.96 bits per heavy atom. The number of aliphatic imine (C=N–C) groups is 1. The summed E-state index contributed by atoms with van der Waals surface area (Å²) in [7, 11) is 4.04. The number of hydrogen-bond donors (Lipinski definition) is 2. The molecule has 1 aliphatic heterocycles. The predicted octanol–water partition coefficient (Wildman–Crippen LogP) is 2.34. The minimum Gasteiger partial charge on any atom is -0.454 e. The molecule has 1 saturated carbocycles. The zero-order valence-corrected chi connectivity index (χ0v) is 15.4. The molecule has 3 rings (SSSR count). The molecule has 0 atom stereocenters. The molecule has 6 nitrogen and oxygen atoms in total. The van der Waals surface area contributed by atoms with E-state index in [-0.39, 0.29) is 0 Å². The van der Waals surface area contributed by atoms with Crippen LogP contribution in [0.3, 0.4) is 0 Å². The van der Waals surface area contributed by atoms with Gasteiger partial charge >= 0.3 is 0 Å². The first kappa shape index (κ1) is 17.9. The van der Waals surface area contributed by atoms with Crippen LogP contribution in [0.4, 0.5) is 0 Å². The molecule has 25 heavy (non-hydrogen) atoms. The monoisotopic (exact) mass is 346 g/mol. The number of benzene rings is 1. The Labute approximate surface area is 150 Å². The average Bonchev–Trinajstić information content (AvgIpc) is 3.12. The van der Waals surface area contributed by atoms with Crippen LogP contribution in [0.2, 0.25) is 0 Å². The van der Waals surface area contributed by atoms with Crippen molar-refractivity contribution >= 4 is 5.96 Å². The highest BCUT2D eigenvalue weighted by molar-refractivity contribution is 5.79. The van der Waals surface area contributed by atoms with Crippen molar-refractivity contribution in [2.75, 3.05) is 34.0 Å². The fourth-order valence-corrected chi connectivity index (χ4v) is 3.51. The highest BCUT2D eigenvalue weighted by atomic mass is 16.7. The van der Waals surface area contributed by atoms with Gasteiger partial charge in [-0.15, -0.1) is 0 Å². The van der Waals surface area contributed by atoms with Gasteiger partial charge < -0.3 is 25.0 Å². The second kappa shape index (κ2) is 8.94. The summed E-state index contributed by atoms with van der Waals surface area (Å²) in [4.78, 5) is 6.79. The van der Waals surface area contributed by atoms with E-state index in [1.807, 2.05) is 18.2 Å². The molecule has 1 aliphatic carbocycles. The van der Waals surface area contributed by atoms with Gasteiger partial charge in [-0.05, 0) is 37.6 Å². The zero-order valence-electron chi connectivity index (χ0n) is 15.4. The number of nitrogens with zero attached hydrogens (tertiary/aromatic N) is 2. The number of rotatable bonds is 6. The first-order valence-corrected chi connectivity index (χ1v) is 9.29. The molecule has 1 aromatic rings. The summed E-state index contributed by atoms with van der Waals surface area (Å²) >= 11 is 0. The average molecular weight is 346 g/mol. The maximum atomic E-state index is 5.42. The van der Waals surface area contributed by atoms with Crippen LogP contribution >= 0.6 is 0 Å². The Bertz CT molecular complexity index is 585. The van der Waals surface area contributed by atoms with Gasteiger partial charge in [-0.3, -0.25) is 4.99 Å². The normalized spacial score (nSPS) is 17.8. The van der Waals surface area contributed by atoms with E-state index in [1.165, 1.54) is 32.1 Å². The highest BCUT2D eigenvalue weighted by Gasteiger charge is 2.17. The van der Waals surface area contributed by atoms with Gasteiger partial charge in [0.1, 0.15) is 0 Å². The summed E-state index contributed by atoms with van der Waals surface area (Å²) in [5.41, 5.74) is 1.14. The lowest BCUT2D eigenvalue weighted by Gasteiger charge is -2.31. The van der Waals surface area contributed by atoms with E-state index >= 15 is 0 Å². The molecular formula is C19H30N4O2. The van der Waals surface area contributed by atoms with Gasteiger partial charge in [0, 0.05) is 32.7 Å². The van der Waals surface area contributed by atoms with Crippen molar-refractivity contribution in [1.82, 2.24) is 15.5 Å². The van der Waals surface area contributed by atoms with Crippen molar-refractivity contribution in [1.29, 1.82) is 0 Å². The van der Waals surface area contributed by atoms with E-state index in [0.717, 1.165) is 42.2 Å². The third-order valence-electron chi connectivity index (χ3n) is 5.08. The van der Waals surface area contributed by atoms with E-state index in [4.69, 9.17) is 9.47 Å². The van der Waals surface area contributed by atoms with Gasteiger partial charge in [-0.25, -0.2) is 0 Å². The Morgan fingerprint density at radius 1 is 1.16 bits per heavy atom. The van der Waals surface area contributed by atoms with Crippen LogP contribution in [-0.4, -0.2) is 50.9 Å². The van der Waals surface area contributed by atoms with Crippen molar-refractivity contribution < 1.29 is 9.47 Å². The van der Waals surface area contributed by atoms with E-state index in [0.29, 0.717) is 13.3 Å². The molecule has 6 heteroatoms. The Morgan fingerprint density at radius 3 is 2.76 bits per heavy atom. The fourth-order valence-electron chi connectivity index (χ4n) is 3.51. The molecule has 138 valence electrons. The number of nitrogens with one attached hydrogen (secondary N) is 2. The van der Waals surface area contributed by atoms with Crippen LogP contribution in [0, 0.1) is 0 Å². The maximum Gasteiger partial charge on any atom is 0.231 e. The molecule has 0 amide bonds. The molecule has 0 spiro atoms. The van der Waals surface area contributed by atoms with E-state index in [1.54, 1.807) is 7.05 Å². The van der Waals surface area contributed by atoms with Crippen LogP contribution in [-0.2, 0) is 6.54 Å². The van der Waals surface area contributed by atoms with Crippen LogP contribution < -0.4 is 20.1 Å². The van der Waals surface area contributed by atoms with Crippen LogP contribution in [0.1, 0.15) is 37.7 Å². The maximum absolute atomic E-state index is 5.42. The van der Waals surface area contributed by atoms with Crippen molar-refractivity contribution in [2.45, 2.75) is 44.7 Å². The number of fused-ring (bicyclic) bond motifs is 1. The summed E-state index contributed by atoms with van der Waals surface area (Å²) in [5.74, 6) is 2.46. The summed E-state index contributed by atoms with van der Waals surface area (Å²) in [6, 6.07) is 6.76. The third kappa shape index (κ3) is 5.01. The lowest BCUT2D eigenvalue weighted by Crippen LogP contribution is -2.43. The summed E-state index contributed by atoms with van der Waals surface area (Å²) < 4.78 is 10.8. The fraction of sp³-hybridized carbons (Fsp3) is 0.632. The molecule has 0 bridgehead atoms. The second-order valence-corrected chi connectivity index (χ2v) is 6.81. The quantitative estimate of drug-likeness (QED) is 0.612. The van der Waals surface area contributed by atoms with Gasteiger partial charge in [-0.2, -0.15) is 0 Å². The number of ether oxygens (including phenoxy) is 2. The molecule has 0 radical (unpaired) electrons. The number of hydrogen-bond acceptors (Lipinski definition) is 4. The van der Waals surface area contributed by atoms with E-state index < -0.39 is 0 Å². The minimum absolute atomic E-state index is 0.309. The number of guanidine groups is 1. The van der Waals surface area contributed by atoms with Crippen LogP contribution in [0.25, 0.3) is 0 Å². The zero-order chi connectivity index (χ0) is 17.5.